The highest BCUT2D eigenvalue weighted by atomic mass is 35.5. The van der Waals surface area contributed by atoms with E-state index in [1.165, 1.54) is 6.07 Å². The van der Waals surface area contributed by atoms with Gasteiger partial charge >= 0.3 is 0 Å². The topological polar surface area (TPSA) is 99.0 Å². The van der Waals surface area contributed by atoms with Gasteiger partial charge in [0.25, 0.3) is 5.91 Å². The maximum atomic E-state index is 11.4. The van der Waals surface area contributed by atoms with E-state index in [9.17, 15) is 4.79 Å². The molecule has 106 valence electrons. The first kappa shape index (κ1) is 14.2. The number of benzene rings is 1. The van der Waals surface area contributed by atoms with Gasteiger partial charge < -0.3 is 16.8 Å². The quantitative estimate of drug-likeness (QED) is 0.726. The number of carbonyl (C=O) groups is 1. The summed E-state index contributed by atoms with van der Waals surface area (Å²) in [6, 6.07) is 5.02. The van der Waals surface area contributed by atoms with E-state index in [-0.39, 0.29) is 5.56 Å². The first-order valence-corrected chi connectivity index (χ1v) is 6.46. The highest BCUT2D eigenvalue weighted by molar-refractivity contribution is 6.34. The van der Waals surface area contributed by atoms with E-state index in [4.69, 9.17) is 23.1 Å². The number of halogens is 1. The summed E-state index contributed by atoms with van der Waals surface area (Å²) >= 11 is 6.09. The molecular formula is C13H16ClN5O. The third-order valence-corrected chi connectivity index (χ3v) is 3.13. The number of nitrogen functional groups attached to an aromatic ring is 1. The van der Waals surface area contributed by atoms with Crippen LogP contribution in [0.4, 0.5) is 11.4 Å². The molecule has 1 amide bonds. The van der Waals surface area contributed by atoms with Crippen LogP contribution in [0.1, 0.15) is 16.1 Å². The van der Waals surface area contributed by atoms with Crippen LogP contribution < -0.4 is 16.8 Å². The molecule has 0 bridgehead atoms. The van der Waals surface area contributed by atoms with Gasteiger partial charge in [-0.2, -0.15) is 5.10 Å². The van der Waals surface area contributed by atoms with Gasteiger partial charge in [-0.25, -0.2) is 0 Å². The lowest BCUT2D eigenvalue weighted by Crippen LogP contribution is -2.16. The number of hydrogen-bond acceptors (Lipinski definition) is 4. The van der Waals surface area contributed by atoms with Gasteiger partial charge in [-0.05, 0) is 18.2 Å². The maximum absolute atomic E-state index is 11.4. The molecule has 0 radical (unpaired) electrons. The smallest absolute Gasteiger partial charge is 0.250 e. The molecule has 2 rings (SSSR count). The average molecular weight is 294 g/mol. The number of rotatable bonds is 5. The van der Waals surface area contributed by atoms with Crippen LogP contribution in [0, 0.1) is 0 Å². The minimum atomic E-state index is -0.570. The van der Waals surface area contributed by atoms with Crippen molar-refractivity contribution in [1.29, 1.82) is 0 Å². The fraction of sp³-hybridized carbons (Fsp3) is 0.231. The molecule has 5 N–H and O–H groups in total. The zero-order chi connectivity index (χ0) is 14.7. The van der Waals surface area contributed by atoms with Gasteiger partial charge in [-0.15, -0.1) is 0 Å². The number of aromatic nitrogens is 2. The van der Waals surface area contributed by atoms with E-state index < -0.39 is 5.91 Å². The van der Waals surface area contributed by atoms with Crippen molar-refractivity contribution in [2.75, 3.05) is 17.6 Å². The van der Waals surface area contributed by atoms with E-state index >= 15 is 0 Å². The summed E-state index contributed by atoms with van der Waals surface area (Å²) in [6.07, 6.45) is 2.58. The maximum Gasteiger partial charge on any atom is 0.250 e. The van der Waals surface area contributed by atoms with Gasteiger partial charge in [0.1, 0.15) is 0 Å². The number of hydrogen-bond donors (Lipinski definition) is 3. The summed E-state index contributed by atoms with van der Waals surface area (Å²) < 4.78 is 1.74. The molecule has 1 aromatic heterocycles. The van der Waals surface area contributed by atoms with Gasteiger partial charge in [0.05, 0.1) is 22.0 Å². The largest absolute Gasteiger partial charge is 0.399 e. The number of primary amides is 1. The summed E-state index contributed by atoms with van der Waals surface area (Å²) in [5, 5.41) is 7.75. The number of aryl methyl sites for hydroxylation is 1. The van der Waals surface area contributed by atoms with Crippen molar-refractivity contribution >= 4 is 28.9 Å². The molecule has 0 aliphatic carbocycles. The van der Waals surface area contributed by atoms with Crippen LogP contribution >= 0.6 is 11.6 Å². The van der Waals surface area contributed by atoms with Crippen LogP contribution in [0.2, 0.25) is 5.02 Å². The van der Waals surface area contributed by atoms with Crippen molar-refractivity contribution in [1.82, 2.24) is 9.78 Å². The normalized spacial score (nSPS) is 10.5. The third-order valence-electron chi connectivity index (χ3n) is 2.83. The van der Waals surface area contributed by atoms with Gasteiger partial charge in [-0.1, -0.05) is 11.6 Å². The molecule has 6 nitrogen and oxygen atoms in total. The zero-order valence-corrected chi connectivity index (χ0v) is 11.8. The van der Waals surface area contributed by atoms with Crippen molar-refractivity contribution < 1.29 is 4.79 Å². The molecule has 20 heavy (non-hydrogen) atoms. The van der Waals surface area contributed by atoms with Crippen LogP contribution in [0.3, 0.4) is 0 Å². The molecule has 0 aliphatic heterocycles. The van der Waals surface area contributed by atoms with Gasteiger partial charge in [0, 0.05) is 31.9 Å². The Balaban J connectivity index is 2.10. The van der Waals surface area contributed by atoms with Crippen molar-refractivity contribution in [2.24, 2.45) is 12.8 Å². The first-order valence-electron chi connectivity index (χ1n) is 6.08. The summed E-state index contributed by atoms with van der Waals surface area (Å²) in [4.78, 5) is 11.4. The summed E-state index contributed by atoms with van der Waals surface area (Å²) in [5.74, 6) is -0.570. The van der Waals surface area contributed by atoms with Crippen molar-refractivity contribution in [3.8, 4) is 0 Å². The Bertz CT molecular complexity index is 638. The monoisotopic (exact) mass is 293 g/mol. The van der Waals surface area contributed by atoms with E-state index in [0.29, 0.717) is 29.4 Å². The zero-order valence-electron chi connectivity index (χ0n) is 11.1. The Morgan fingerprint density at radius 3 is 2.85 bits per heavy atom. The predicted octanol–water partition coefficient (Wildman–Crippen LogP) is 1.41. The molecule has 0 saturated carbocycles. The minimum absolute atomic E-state index is 0.288. The standard InChI is InChI=1S/C13H16ClN5O/c1-19-5-3-9(18-19)2-4-17-12-10(13(16)20)6-8(15)7-11(12)14/h3,5-7,17H,2,4,15H2,1H3,(H2,16,20). The number of carbonyl (C=O) groups excluding carboxylic acids is 1. The molecule has 0 atom stereocenters. The number of nitrogens with zero attached hydrogens (tertiary/aromatic N) is 2. The molecule has 0 aliphatic rings. The molecule has 0 spiro atoms. The molecule has 1 heterocycles. The highest BCUT2D eigenvalue weighted by Gasteiger charge is 2.13. The number of nitrogens with two attached hydrogens (primary N) is 2. The van der Waals surface area contributed by atoms with Crippen molar-refractivity contribution in [3.05, 3.63) is 40.7 Å². The molecule has 0 unspecified atom stereocenters. The molecule has 1 aromatic carbocycles. The Morgan fingerprint density at radius 1 is 1.50 bits per heavy atom. The molecule has 7 heteroatoms. The lowest BCUT2D eigenvalue weighted by Gasteiger charge is -2.12. The second-order valence-electron chi connectivity index (χ2n) is 4.45. The number of nitrogens with one attached hydrogen (secondary N) is 1. The fourth-order valence-electron chi connectivity index (χ4n) is 1.91. The summed E-state index contributed by atoms with van der Waals surface area (Å²) in [7, 11) is 1.86. The number of amides is 1. The summed E-state index contributed by atoms with van der Waals surface area (Å²) in [5.41, 5.74) is 13.1. The number of anilines is 2. The van der Waals surface area contributed by atoms with E-state index in [2.05, 4.69) is 10.4 Å². The van der Waals surface area contributed by atoms with Crippen LogP contribution in [0.5, 0.6) is 0 Å². The average Bonchev–Trinajstić information content (AvgIpc) is 2.77. The van der Waals surface area contributed by atoms with Gasteiger partial charge in [0.2, 0.25) is 0 Å². The molecule has 0 saturated heterocycles. The lowest BCUT2D eigenvalue weighted by atomic mass is 10.1. The Hall–Kier alpha value is -2.21. The molecular weight excluding hydrogens is 278 g/mol. The van der Waals surface area contributed by atoms with Crippen LogP contribution in [0.15, 0.2) is 24.4 Å². The molecule has 2 aromatic rings. The Morgan fingerprint density at radius 2 is 2.25 bits per heavy atom. The van der Waals surface area contributed by atoms with Crippen LogP contribution in [-0.4, -0.2) is 22.2 Å². The molecule has 0 fully saturated rings. The third kappa shape index (κ3) is 3.21. The second-order valence-corrected chi connectivity index (χ2v) is 4.85. The Labute approximate surface area is 121 Å². The summed E-state index contributed by atoms with van der Waals surface area (Å²) in [6.45, 7) is 0.584. The SMILES string of the molecule is Cn1ccc(CCNc2c(Cl)cc(N)cc2C(N)=O)n1. The van der Waals surface area contributed by atoms with Gasteiger partial charge in [0.15, 0.2) is 0 Å². The Kier molecular flexibility index (Phi) is 4.14. The van der Waals surface area contributed by atoms with E-state index in [1.54, 1.807) is 10.7 Å². The van der Waals surface area contributed by atoms with E-state index in [0.717, 1.165) is 5.69 Å². The second kappa shape index (κ2) is 5.83. The minimum Gasteiger partial charge on any atom is -0.399 e. The van der Waals surface area contributed by atoms with Crippen LogP contribution in [0.25, 0.3) is 0 Å². The van der Waals surface area contributed by atoms with Crippen LogP contribution in [-0.2, 0) is 13.5 Å². The van der Waals surface area contributed by atoms with Crippen molar-refractivity contribution in [3.63, 3.8) is 0 Å². The first-order chi connectivity index (χ1) is 9.47. The fourth-order valence-corrected chi connectivity index (χ4v) is 2.21. The van der Waals surface area contributed by atoms with E-state index in [1.807, 2.05) is 19.3 Å². The lowest BCUT2D eigenvalue weighted by molar-refractivity contribution is 0.100. The highest BCUT2D eigenvalue weighted by Crippen LogP contribution is 2.28. The predicted molar refractivity (Wildman–Crippen MR) is 79.8 cm³/mol. The van der Waals surface area contributed by atoms with Crippen molar-refractivity contribution in [2.45, 2.75) is 6.42 Å². The van der Waals surface area contributed by atoms with Gasteiger partial charge in [-0.3, -0.25) is 9.48 Å².